The third-order valence-corrected chi connectivity index (χ3v) is 4.01. The average molecular weight is 285 g/mol. The second-order valence-corrected chi connectivity index (χ2v) is 5.61. The molecule has 0 bridgehead atoms. The zero-order valence-electron chi connectivity index (χ0n) is 12.4. The minimum Gasteiger partial charge on any atom is -0.463 e. The van der Waals surface area contributed by atoms with Gasteiger partial charge in [0.1, 0.15) is 11.5 Å². The van der Waals surface area contributed by atoms with Crippen molar-refractivity contribution in [2.75, 3.05) is 26.2 Å². The van der Waals surface area contributed by atoms with E-state index in [1.165, 1.54) is 5.56 Å². The molecule has 0 amide bonds. The van der Waals surface area contributed by atoms with Crippen molar-refractivity contribution < 1.29 is 4.42 Å². The highest BCUT2D eigenvalue weighted by atomic mass is 16.3. The topological polar surface area (TPSA) is 45.6 Å². The molecule has 0 unspecified atom stereocenters. The highest BCUT2D eigenvalue weighted by Gasteiger charge is 2.18. The van der Waals surface area contributed by atoms with Crippen LogP contribution in [-0.4, -0.2) is 36.0 Å². The SMILES string of the molecule is NCc1ccc(CN2CCN(Cc3ccccc3)CC2)o1. The van der Waals surface area contributed by atoms with Gasteiger partial charge in [-0.1, -0.05) is 30.3 Å². The van der Waals surface area contributed by atoms with Gasteiger partial charge in [0.2, 0.25) is 0 Å². The number of hydrogen-bond donors (Lipinski definition) is 1. The van der Waals surface area contributed by atoms with Crippen LogP contribution in [0, 0.1) is 0 Å². The van der Waals surface area contributed by atoms with Gasteiger partial charge in [-0.15, -0.1) is 0 Å². The molecule has 0 aliphatic carbocycles. The molecule has 0 saturated carbocycles. The molecule has 1 saturated heterocycles. The van der Waals surface area contributed by atoms with Gasteiger partial charge < -0.3 is 10.2 Å². The Kier molecular flexibility index (Phi) is 4.70. The van der Waals surface area contributed by atoms with Crippen LogP contribution in [0.5, 0.6) is 0 Å². The number of nitrogens with two attached hydrogens (primary N) is 1. The molecule has 0 radical (unpaired) electrons. The Morgan fingerprint density at radius 1 is 0.810 bits per heavy atom. The molecular formula is C17H23N3O. The van der Waals surface area contributed by atoms with E-state index in [1.54, 1.807) is 0 Å². The number of hydrogen-bond acceptors (Lipinski definition) is 4. The Morgan fingerprint density at radius 3 is 2.05 bits per heavy atom. The Bertz CT molecular complexity index is 544. The van der Waals surface area contributed by atoms with E-state index in [0.717, 1.165) is 50.8 Å². The largest absolute Gasteiger partial charge is 0.463 e. The fourth-order valence-electron chi connectivity index (χ4n) is 2.78. The fourth-order valence-corrected chi connectivity index (χ4v) is 2.78. The van der Waals surface area contributed by atoms with Crippen LogP contribution in [0.4, 0.5) is 0 Å². The van der Waals surface area contributed by atoms with Gasteiger partial charge in [0.05, 0.1) is 13.1 Å². The summed E-state index contributed by atoms with van der Waals surface area (Å²) >= 11 is 0. The van der Waals surface area contributed by atoms with E-state index in [1.807, 2.05) is 12.1 Å². The first kappa shape index (κ1) is 14.3. The van der Waals surface area contributed by atoms with Crippen molar-refractivity contribution in [3.05, 3.63) is 59.5 Å². The van der Waals surface area contributed by atoms with Crippen molar-refractivity contribution >= 4 is 0 Å². The predicted molar refractivity (Wildman–Crippen MR) is 83.6 cm³/mol. The molecule has 3 rings (SSSR count). The lowest BCUT2D eigenvalue weighted by atomic mass is 10.2. The predicted octanol–water partition coefficient (Wildman–Crippen LogP) is 2.06. The summed E-state index contributed by atoms with van der Waals surface area (Å²) in [6, 6.07) is 14.7. The molecule has 2 heterocycles. The van der Waals surface area contributed by atoms with Gasteiger partial charge in [-0.25, -0.2) is 0 Å². The van der Waals surface area contributed by atoms with Crippen LogP contribution in [0.2, 0.25) is 0 Å². The average Bonchev–Trinajstić information content (AvgIpc) is 2.98. The maximum absolute atomic E-state index is 5.68. The summed E-state index contributed by atoms with van der Waals surface area (Å²) in [5, 5.41) is 0. The van der Waals surface area contributed by atoms with E-state index in [0.29, 0.717) is 6.54 Å². The summed E-state index contributed by atoms with van der Waals surface area (Å²) < 4.78 is 5.68. The molecule has 0 spiro atoms. The fraction of sp³-hybridized carbons (Fsp3) is 0.412. The standard InChI is InChI=1S/C17H23N3O/c18-12-16-6-7-17(21-16)14-20-10-8-19(9-11-20)13-15-4-2-1-3-5-15/h1-7H,8-14,18H2. The summed E-state index contributed by atoms with van der Waals surface area (Å²) in [4.78, 5) is 4.96. The molecule has 4 heteroatoms. The van der Waals surface area contributed by atoms with Crippen molar-refractivity contribution in [2.24, 2.45) is 5.73 Å². The number of furan rings is 1. The minimum atomic E-state index is 0.477. The first-order valence-corrected chi connectivity index (χ1v) is 7.60. The Labute approximate surface area is 126 Å². The van der Waals surface area contributed by atoms with Gasteiger partial charge in [-0.05, 0) is 17.7 Å². The zero-order chi connectivity index (χ0) is 14.5. The van der Waals surface area contributed by atoms with Gasteiger partial charge in [0, 0.05) is 32.7 Å². The van der Waals surface area contributed by atoms with E-state index >= 15 is 0 Å². The minimum absolute atomic E-state index is 0.477. The molecule has 1 aromatic carbocycles. The highest BCUT2D eigenvalue weighted by Crippen LogP contribution is 2.13. The summed E-state index contributed by atoms with van der Waals surface area (Å²) in [5.74, 6) is 1.89. The van der Waals surface area contributed by atoms with Crippen LogP contribution >= 0.6 is 0 Å². The van der Waals surface area contributed by atoms with E-state index in [-0.39, 0.29) is 0 Å². The van der Waals surface area contributed by atoms with Crippen molar-refractivity contribution in [1.29, 1.82) is 0 Å². The Hall–Kier alpha value is -1.62. The second kappa shape index (κ2) is 6.89. The molecular weight excluding hydrogens is 262 g/mol. The lowest BCUT2D eigenvalue weighted by Gasteiger charge is -2.34. The van der Waals surface area contributed by atoms with Crippen molar-refractivity contribution in [1.82, 2.24) is 9.80 Å². The van der Waals surface area contributed by atoms with Crippen LogP contribution in [0.1, 0.15) is 17.1 Å². The Balaban J connectivity index is 1.46. The maximum Gasteiger partial charge on any atom is 0.118 e. The number of piperazine rings is 1. The maximum atomic E-state index is 5.68. The van der Waals surface area contributed by atoms with Crippen LogP contribution in [0.3, 0.4) is 0 Å². The van der Waals surface area contributed by atoms with Crippen molar-refractivity contribution in [3.63, 3.8) is 0 Å². The van der Waals surface area contributed by atoms with Crippen LogP contribution < -0.4 is 5.73 Å². The van der Waals surface area contributed by atoms with Gasteiger partial charge in [-0.3, -0.25) is 9.80 Å². The first-order chi connectivity index (χ1) is 10.3. The van der Waals surface area contributed by atoms with Gasteiger partial charge in [-0.2, -0.15) is 0 Å². The lowest BCUT2D eigenvalue weighted by Crippen LogP contribution is -2.45. The molecule has 1 fully saturated rings. The molecule has 1 aromatic heterocycles. The molecule has 1 aliphatic rings. The Morgan fingerprint density at radius 2 is 1.43 bits per heavy atom. The molecule has 112 valence electrons. The number of rotatable bonds is 5. The molecule has 2 aromatic rings. The van der Waals surface area contributed by atoms with Gasteiger partial charge in [0.15, 0.2) is 0 Å². The van der Waals surface area contributed by atoms with E-state index in [4.69, 9.17) is 10.2 Å². The van der Waals surface area contributed by atoms with Crippen molar-refractivity contribution in [3.8, 4) is 0 Å². The quantitative estimate of drug-likeness (QED) is 0.913. The first-order valence-electron chi connectivity index (χ1n) is 7.60. The highest BCUT2D eigenvalue weighted by molar-refractivity contribution is 5.14. The van der Waals surface area contributed by atoms with Gasteiger partial charge in [0.25, 0.3) is 0 Å². The zero-order valence-corrected chi connectivity index (χ0v) is 12.4. The van der Waals surface area contributed by atoms with E-state index in [2.05, 4.69) is 40.1 Å². The van der Waals surface area contributed by atoms with Crippen LogP contribution in [0.25, 0.3) is 0 Å². The lowest BCUT2D eigenvalue weighted by molar-refractivity contribution is 0.115. The smallest absolute Gasteiger partial charge is 0.118 e. The molecule has 2 N–H and O–H groups in total. The third kappa shape index (κ3) is 3.94. The van der Waals surface area contributed by atoms with Crippen LogP contribution in [0.15, 0.2) is 46.9 Å². The third-order valence-electron chi connectivity index (χ3n) is 4.01. The number of nitrogens with zero attached hydrogens (tertiary/aromatic N) is 2. The second-order valence-electron chi connectivity index (χ2n) is 5.61. The number of benzene rings is 1. The molecule has 0 atom stereocenters. The normalized spacial score (nSPS) is 17.2. The summed E-state index contributed by atoms with van der Waals surface area (Å²) in [5.41, 5.74) is 6.97. The summed E-state index contributed by atoms with van der Waals surface area (Å²) in [7, 11) is 0. The summed E-state index contributed by atoms with van der Waals surface area (Å²) in [6.07, 6.45) is 0. The summed E-state index contributed by atoms with van der Waals surface area (Å²) in [6.45, 7) is 6.81. The molecule has 4 nitrogen and oxygen atoms in total. The van der Waals surface area contributed by atoms with Crippen LogP contribution in [-0.2, 0) is 19.6 Å². The molecule has 1 aliphatic heterocycles. The van der Waals surface area contributed by atoms with E-state index in [9.17, 15) is 0 Å². The monoisotopic (exact) mass is 285 g/mol. The molecule has 21 heavy (non-hydrogen) atoms. The van der Waals surface area contributed by atoms with E-state index < -0.39 is 0 Å². The van der Waals surface area contributed by atoms with Gasteiger partial charge >= 0.3 is 0 Å². The van der Waals surface area contributed by atoms with Crippen molar-refractivity contribution in [2.45, 2.75) is 19.6 Å².